The second-order valence-electron chi connectivity index (χ2n) is 8.18. The molecule has 0 radical (unpaired) electrons. The van der Waals surface area contributed by atoms with Crippen LogP contribution in [0.5, 0.6) is 0 Å². The summed E-state index contributed by atoms with van der Waals surface area (Å²) in [6.45, 7) is 1.20. The molecule has 4 rings (SSSR count). The minimum Gasteiger partial charge on any atom is -0.461 e. The van der Waals surface area contributed by atoms with Gasteiger partial charge in [-0.25, -0.2) is 0 Å². The van der Waals surface area contributed by atoms with Gasteiger partial charge in [0.25, 0.3) is 0 Å². The average molecular weight is 477 g/mol. The lowest BCUT2D eigenvalue weighted by Crippen LogP contribution is -2.47. The van der Waals surface area contributed by atoms with Crippen LogP contribution < -0.4 is 0 Å². The van der Waals surface area contributed by atoms with Gasteiger partial charge >= 0.3 is 0 Å². The fourth-order valence-electron chi connectivity index (χ4n) is 3.83. The number of methoxy groups -OCH3 is 2. The fourth-order valence-corrected chi connectivity index (χ4v) is 3.83. The van der Waals surface area contributed by atoms with Gasteiger partial charge in [-0.05, 0) is 22.8 Å². The second-order valence-corrected chi connectivity index (χ2v) is 8.18. The lowest BCUT2D eigenvalue weighted by Gasteiger charge is -2.37. The van der Waals surface area contributed by atoms with Crippen molar-refractivity contribution in [2.24, 2.45) is 0 Å². The largest absolute Gasteiger partial charge is 0.461 e. The van der Waals surface area contributed by atoms with Gasteiger partial charge in [-0.15, -0.1) is 0 Å². The molecule has 1 aliphatic rings. The van der Waals surface area contributed by atoms with Crippen molar-refractivity contribution in [1.82, 2.24) is 0 Å². The number of ether oxygens (including phenoxy) is 6. The Hall–Kier alpha value is -3.00. The molecule has 6 heteroatoms. The molecule has 0 aromatic heterocycles. The van der Waals surface area contributed by atoms with Crippen LogP contribution >= 0.6 is 0 Å². The summed E-state index contributed by atoms with van der Waals surface area (Å²) >= 11 is 0. The first-order chi connectivity index (χ1) is 17.3. The summed E-state index contributed by atoms with van der Waals surface area (Å²) in [4.78, 5) is 0. The molecule has 3 aromatic carbocycles. The van der Waals surface area contributed by atoms with E-state index in [9.17, 15) is 0 Å². The Bertz CT molecular complexity index is 1020. The van der Waals surface area contributed by atoms with Gasteiger partial charge in [0.05, 0.1) is 19.8 Å². The zero-order valence-corrected chi connectivity index (χ0v) is 20.1. The molecular weight excluding hydrogens is 444 g/mol. The van der Waals surface area contributed by atoms with Crippen LogP contribution in [0.4, 0.5) is 0 Å². The Kier molecular flexibility index (Phi) is 9.46. The van der Waals surface area contributed by atoms with Crippen LogP contribution in [-0.2, 0) is 48.2 Å². The smallest absolute Gasteiger partial charge is 0.228 e. The standard InChI is InChI=1S/C29H32O6/c1-30-28(34-21-24-16-10-5-11-17-24)26-18-25(32-19-22-12-6-3-7-13-22)27(29(31-2)35-26)33-20-23-14-8-4-9-15-23/h3-18,25,27-29H,19-21H2,1-2H3/t25-,27+,28+,29-/m0/s1. The van der Waals surface area contributed by atoms with Gasteiger partial charge in [0.1, 0.15) is 12.2 Å². The Morgan fingerprint density at radius 2 is 1.20 bits per heavy atom. The van der Waals surface area contributed by atoms with E-state index in [0.29, 0.717) is 25.6 Å². The van der Waals surface area contributed by atoms with E-state index < -0.39 is 24.8 Å². The van der Waals surface area contributed by atoms with Crippen molar-refractivity contribution >= 4 is 0 Å². The topological polar surface area (TPSA) is 55.4 Å². The number of rotatable bonds is 12. The zero-order chi connectivity index (χ0) is 24.3. The summed E-state index contributed by atoms with van der Waals surface area (Å²) < 4.78 is 36.0. The minimum atomic E-state index is -0.717. The van der Waals surface area contributed by atoms with E-state index in [4.69, 9.17) is 28.4 Å². The summed E-state index contributed by atoms with van der Waals surface area (Å²) in [6, 6.07) is 29.9. The van der Waals surface area contributed by atoms with E-state index in [1.165, 1.54) is 0 Å². The van der Waals surface area contributed by atoms with Crippen molar-refractivity contribution in [2.45, 2.75) is 44.6 Å². The van der Waals surface area contributed by atoms with Crippen molar-refractivity contribution in [3.63, 3.8) is 0 Å². The molecule has 1 aliphatic heterocycles. The number of benzene rings is 3. The molecule has 0 unspecified atom stereocenters. The molecule has 4 atom stereocenters. The maximum absolute atomic E-state index is 6.32. The van der Waals surface area contributed by atoms with E-state index in [-0.39, 0.29) is 0 Å². The summed E-state index contributed by atoms with van der Waals surface area (Å²) in [5.41, 5.74) is 3.16. The van der Waals surface area contributed by atoms with Gasteiger partial charge in [-0.2, -0.15) is 0 Å². The molecule has 35 heavy (non-hydrogen) atoms. The highest BCUT2D eigenvalue weighted by Crippen LogP contribution is 2.28. The second kappa shape index (κ2) is 13.2. The first-order valence-electron chi connectivity index (χ1n) is 11.7. The van der Waals surface area contributed by atoms with Gasteiger partial charge < -0.3 is 28.4 Å². The van der Waals surface area contributed by atoms with Crippen molar-refractivity contribution in [3.05, 3.63) is 120 Å². The van der Waals surface area contributed by atoms with Gasteiger partial charge in [0.2, 0.25) is 12.6 Å². The van der Waals surface area contributed by atoms with Crippen LogP contribution in [0.25, 0.3) is 0 Å². The summed E-state index contributed by atoms with van der Waals surface area (Å²) in [6.07, 6.45) is -0.471. The monoisotopic (exact) mass is 476 g/mol. The van der Waals surface area contributed by atoms with Crippen molar-refractivity contribution in [1.29, 1.82) is 0 Å². The third kappa shape index (κ3) is 7.24. The van der Waals surface area contributed by atoms with E-state index in [1.54, 1.807) is 14.2 Å². The third-order valence-electron chi connectivity index (χ3n) is 5.67. The SMILES string of the molecule is CO[C@H](OCc1ccccc1)C1=C[C@H](OCc2ccccc2)[C@@H](OCc2ccccc2)[C@@H](OC)O1. The average Bonchev–Trinajstić information content (AvgIpc) is 2.93. The quantitative estimate of drug-likeness (QED) is 0.334. The van der Waals surface area contributed by atoms with Crippen LogP contribution in [0.3, 0.4) is 0 Å². The Labute approximate surface area is 207 Å². The Morgan fingerprint density at radius 3 is 1.71 bits per heavy atom. The van der Waals surface area contributed by atoms with E-state index in [1.807, 2.05) is 97.1 Å². The molecule has 6 nitrogen and oxygen atoms in total. The molecule has 1 heterocycles. The highest BCUT2D eigenvalue weighted by Gasteiger charge is 2.39. The Balaban J connectivity index is 1.51. The number of hydrogen-bond acceptors (Lipinski definition) is 6. The van der Waals surface area contributed by atoms with Crippen LogP contribution in [0.1, 0.15) is 16.7 Å². The van der Waals surface area contributed by atoms with Crippen molar-refractivity contribution < 1.29 is 28.4 Å². The van der Waals surface area contributed by atoms with Gasteiger partial charge in [-0.3, -0.25) is 0 Å². The predicted molar refractivity (Wildman–Crippen MR) is 132 cm³/mol. The number of hydrogen-bond donors (Lipinski definition) is 0. The van der Waals surface area contributed by atoms with Crippen molar-refractivity contribution in [2.75, 3.05) is 14.2 Å². The molecule has 184 valence electrons. The minimum absolute atomic E-state index is 0.376. The molecule has 0 spiro atoms. The molecule has 0 aliphatic carbocycles. The van der Waals surface area contributed by atoms with Crippen molar-refractivity contribution in [3.8, 4) is 0 Å². The molecule has 3 aromatic rings. The molecular formula is C29H32O6. The molecule has 0 fully saturated rings. The summed E-state index contributed by atoms with van der Waals surface area (Å²) in [5.74, 6) is 0.493. The van der Waals surface area contributed by atoms with Crippen LogP contribution in [0, 0.1) is 0 Å². The zero-order valence-electron chi connectivity index (χ0n) is 20.1. The van der Waals surface area contributed by atoms with E-state index >= 15 is 0 Å². The molecule has 0 saturated carbocycles. The Morgan fingerprint density at radius 1 is 0.686 bits per heavy atom. The summed E-state index contributed by atoms with van der Waals surface area (Å²) in [5, 5.41) is 0. The lowest BCUT2D eigenvalue weighted by atomic mass is 10.1. The summed E-state index contributed by atoms with van der Waals surface area (Å²) in [7, 11) is 3.17. The maximum atomic E-state index is 6.32. The van der Waals surface area contributed by atoms with Crippen LogP contribution in [0.15, 0.2) is 103 Å². The normalized spacial score (nSPS) is 20.6. The van der Waals surface area contributed by atoms with Gasteiger partial charge in [0.15, 0.2) is 5.76 Å². The molecule has 0 saturated heterocycles. The van der Waals surface area contributed by atoms with Gasteiger partial charge in [-0.1, -0.05) is 91.0 Å². The highest BCUT2D eigenvalue weighted by molar-refractivity contribution is 5.17. The lowest BCUT2D eigenvalue weighted by molar-refractivity contribution is -0.241. The molecule has 0 amide bonds. The highest BCUT2D eigenvalue weighted by atomic mass is 16.7. The molecule has 0 N–H and O–H groups in total. The molecule has 0 bridgehead atoms. The maximum Gasteiger partial charge on any atom is 0.228 e. The fraction of sp³-hybridized carbons (Fsp3) is 0.310. The van der Waals surface area contributed by atoms with Gasteiger partial charge in [0, 0.05) is 14.2 Å². The first-order valence-corrected chi connectivity index (χ1v) is 11.7. The predicted octanol–water partition coefficient (Wildman–Crippen LogP) is 5.23. The van der Waals surface area contributed by atoms with E-state index in [2.05, 4.69) is 0 Å². The van der Waals surface area contributed by atoms with E-state index in [0.717, 1.165) is 16.7 Å². The third-order valence-corrected chi connectivity index (χ3v) is 5.67. The van der Waals surface area contributed by atoms with Crippen LogP contribution in [0.2, 0.25) is 0 Å². The van der Waals surface area contributed by atoms with Crippen LogP contribution in [-0.4, -0.2) is 39.0 Å². The first kappa shape index (κ1) is 25.1.